The van der Waals surface area contributed by atoms with Gasteiger partial charge in [-0.1, -0.05) is 0 Å². The second-order valence-corrected chi connectivity index (χ2v) is 23.6. The molecule has 4 aliphatic rings. The number of hydrogen-bond acceptors (Lipinski definition) is 0. The molecule has 0 radical (unpaired) electrons. The molecular weight excluding hydrogens is 751 g/mol. The van der Waals surface area contributed by atoms with E-state index in [1.165, 1.54) is 61.2 Å². The minimum Gasteiger partial charge on any atom is -1.00 e. The fourth-order valence-electron chi connectivity index (χ4n) is 9.62. The third-order valence-corrected chi connectivity index (χ3v) is 20.6. The van der Waals surface area contributed by atoms with Crippen LogP contribution in [0.25, 0.3) is 22.3 Å². The maximum Gasteiger partial charge on any atom is -1.00 e. The van der Waals surface area contributed by atoms with Crippen LogP contribution in [0.5, 0.6) is 0 Å². The molecular formula is C49H52Cl2Zr. The van der Waals surface area contributed by atoms with Gasteiger partial charge in [0.25, 0.3) is 0 Å². The molecule has 4 aliphatic carbocycles. The Hall–Kier alpha value is -2.83. The molecule has 0 saturated carbocycles. The van der Waals surface area contributed by atoms with Gasteiger partial charge in [-0.05, 0) is 0 Å². The van der Waals surface area contributed by atoms with Gasteiger partial charge in [-0.15, -0.1) is 0 Å². The molecule has 3 heteroatoms. The first-order chi connectivity index (χ1) is 23.7. The van der Waals surface area contributed by atoms with Gasteiger partial charge in [-0.2, -0.15) is 0 Å². The molecule has 0 nitrogen and oxygen atoms in total. The number of rotatable bonds is 5. The number of allylic oxidation sites excluding steroid dienone is 8. The average molecular weight is 803 g/mol. The van der Waals surface area contributed by atoms with Crippen LogP contribution in [0.2, 0.25) is 0 Å². The van der Waals surface area contributed by atoms with E-state index in [4.69, 9.17) is 0 Å². The minimum atomic E-state index is -2.96. The average Bonchev–Trinajstić information content (AvgIpc) is 3.77. The van der Waals surface area contributed by atoms with Gasteiger partial charge in [0.2, 0.25) is 0 Å². The Bertz CT molecular complexity index is 2110. The Morgan fingerprint density at radius 2 is 1.10 bits per heavy atom. The van der Waals surface area contributed by atoms with Crippen LogP contribution >= 0.6 is 0 Å². The summed E-state index contributed by atoms with van der Waals surface area (Å²) in [7, 11) is 0. The Morgan fingerprint density at radius 3 is 1.50 bits per heavy atom. The summed E-state index contributed by atoms with van der Waals surface area (Å²) in [6, 6.07) is 33.5. The first kappa shape index (κ1) is 38.9. The van der Waals surface area contributed by atoms with Crippen molar-refractivity contribution in [3.8, 4) is 11.1 Å². The van der Waals surface area contributed by atoms with E-state index in [9.17, 15) is 0 Å². The van der Waals surface area contributed by atoms with Gasteiger partial charge < -0.3 is 24.8 Å². The molecule has 0 spiro atoms. The van der Waals surface area contributed by atoms with Crippen molar-refractivity contribution in [3.05, 3.63) is 163 Å². The van der Waals surface area contributed by atoms with Crippen molar-refractivity contribution in [2.75, 3.05) is 0 Å². The smallest absolute Gasteiger partial charge is 1.00 e. The predicted molar refractivity (Wildman–Crippen MR) is 213 cm³/mol. The van der Waals surface area contributed by atoms with E-state index in [0.717, 1.165) is 6.42 Å². The van der Waals surface area contributed by atoms with E-state index in [-0.39, 0.29) is 41.1 Å². The maximum atomic E-state index is 2.71. The molecule has 0 aliphatic heterocycles. The van der Waals surface area contributed by atoms with E-state index < -0.39 is 21.3 Å². The van der Waals surface area contributed by atoms with Crippen molar-refractivity contribution < 1.29 is 46.1 Å². The van der Waals surface area contributed by atoms with Crippen LogP contribution in [-0.4, -0.2) is 3.21 Å². The molecule has 0 saturated heterocycles. The van der Waals surface area contributed by atoms with Crippen molar-refractivity contribution in [1.29, 1.82) is 0 Å². The molecule has 0 N–H and O–H groups in total. The second kappa shape index (κ2) is 13.8. The van der Waals surface area contributed by atoms with Gasteiger partial charge in [0.05, 0.1) is 0 Å². The van der Waals surface area contributed by atoms with E-state index in [2.05, 4.69) is 178 Å². The third-order valence-electron chi connectivity index (χ3n) is 12.1. The quantitative estimate of drug-likeness (QED) is 0.206. The Balaban J connectivity index is 0.00000232. The van der Waals surface area contributed by atoms with Crippen LogP contribution in [0.3, 0.4) is 0 Å². The monoisotopic (exact) mass is 800 g/mol. The molecule has 0 aromatic heterocycles. The largest absolute Gasteiger partial charge is 1.00 e. The third kappa shape index (κ3) is 6.22. The van der Waals surface area contributed by atoms with Crippen LogP contribution in [0.15, 0.2) is 118 Å². The summed E-state index contributed by atoms with van der Waals surface area (Å²) in [6.07, 6.45) is 11.5. The normalized spacial score (nSPS) is 18.7. The Labute approximate surface area is 333 Å². The molecule has 0 fully saturated rings. The molecule has 52 heavy (non-hydrogen) atoms. The van der Waals surface area contributed by atoms with Crippen molar-refractivity contribution in [2.45, 2.75) is 90.1 Å². The zero-order valence-corrected chi connectivity index (χ0v) is 36.5. The van der Waals surface area contributed by atoms with Gasteiger partial charge in [-0.3, -0.25) is 0 Å². The Kier molecular flexibility index (Phi) is 10.3. The summed E-state index contributed by atoms with van der Waals surface area (Å²) < 4.78 is 3.76. The number of fused-ring (bicyclic) bond motifs is 5. The van der Waals surface area contributed by atoms with Crippen LogP contribution in [0, 0.1) is 11.3 Å². The van der Waals surface area contributed by atoms with Crippen molar-refractivity contribution >= 4 is 14.4 Å². The predicted octanol–water partition coefficient (Wildman–Crippen LogP) is 6.94. The SMILES string of the molecule is CCC1C=C(C(C)(C)C)C=[C]1[Zr+2](=[C](c1ccccc1)c1ccccc1)[CH]1c2cc3c(cc2-c2cc4c(cc21)C(C)(C)C=C4C)C(C)=CC3(C)C.[Cl-].[Cl-]. The van der Waals surface area contributed by atoms with Crippen LogP contribution in [0.4, 0.5) is 0 Å². The standard InChI is InChI=1S/C25H25.C13H10.C11H17.2ClH.Zr/c1-14-12-24(3,4)22-8-16-7-17-9-23-19(15(2)13-25(23,5)6)11-21(17)20(16)10-18(14)22;1-3-7-12(8-4-1)11-13-9-5-2-6-10-13;1-5-9-6-7-10(8-9)11(2,3)4;;;/h7-13H,1-6H3;1-10H;7-9H,5H2,1-4H3;2*1H;/q;;;;;+2/p-2. The zero-order chi connectivity index (χ0) is 35.3. The molecule has 8 rings (SSSR count). The maximum absolute atomic E-state index is 2.96. The Morgan fingerprint density at radius 1 is 0.654 bits per heavy atom. The van der Waals surface area contributed by atoms with Gasteiger partial charge in [0.15, 0.2) is 0 Å². The molecule has 1 unspecified atom stereocenters. The van der Waals surface area contributed by atoms with Gasteiger partial charge >= 0.3 is 311 Å². The number of hydrogen-bond donors (Lipinski definition) is 0. The van der Waals surface area contributed by atoms with Gasteiger partial charge in [0, 0.05) is 0 Å². The molecule has 0 amide bonds. The van der Waals surface area contributed by atoms with Crippen LogP contribution in [-0.2, 0) is 32.1 Å². The molecule has 266 valence electrons. The van der Waals surface area contributed by atoms with Gasteiger partial charge in [-0.25, -0.2) is 0 Å². The summed E-state index contributed by atoms with van der Waals surface area (Å²) in [4.78, 5) is 0. The van der Waals surface area contributed by atoms with E-state index >= 15 is 0 Å². The summed E-state index contributed by atoms with van der Waals surface area (Å²) in [5.41, 5.74) is 19.3. The van der Waals surface area contributed by atoms with Crippen LogP contribution in [0.1, 0.15) is 124 Å². The second-order valence-electron chi connectivity index (χ2n) is 17.5. The van der Waals surface area contributed by atoms with Crippen molar-refractivity contribution in [3.63, 3.8) is 0 Å². The van der Waals surface area contributed by atoms with Crippen LogP contribution < -0.4 is 24.8 Å². The molecule has 4 aromatic carbocycles. The summed E-state index contributed by atoms with van der Waals surface area (Å²) >= 11 is -2.96. The van der Waals surface area contributed by atoms with E-state index in [1.54, 1.807) is 17.6 Å². The zero-order valence-electron chi connectivity index (χ0n) is 32.5. The minimum absolute atomic E-state index is 0. The van der Waals surface area contributed by atoms with Crippen molar-refractivity contribution in [1.82, 2.24) is 0 Å². The first-order valence-electron chi connectivity index (χ1n) is 18.8. The summed E-state index contributed by atoms with van der Waals surface area (Å²) in [5, 5.41) is 0. The van der Waals surface area contributed by atoms with E-state index in [1.807, 2.05) is 0 Å². The number of benzene rings is 4. The van der Waals surface area contributed by atoms with Crippen molar-refractivity contribution in [2.24, 2.45) is 11.3 Å². The molecule has 1 atom stereocenters. The molecule has 0 bridgehead atoms. The first-order valence-corrected chi connectivity index (χ1v) is 22.6. The van der Waals surface area contributed by atoms with Gasteiger partial charge in [0.1, 0.15) is 0 Å². The van der Waals surface area contributed by atoms with E-state index in [0.29, 0.717) is 9.54 Å². The molecule has 0 heterocycles. The summed E-state index contributed by atoms with van der Waals surface area (Å²) in [6.45, 7) is 23.9. The fourth-order valence-corrected chi connectivity index (χ4v) is 19.4. The number of halogens is 2. The summed E-state index contributed by atoms with van der Waals surface area (Å²) in [5.74, 6) is 0.470. The molecule has 4 aromatic rings. The topological polar surface area (TPSA) is 0 Å². The fraction of sp³-hybridized carbons (Fsp3) is 0.327.